The van der Waals surface area contributed by atoms with E-state index in [1.54, 1.807) is 6.08 Å². The van der Waals surface area contributed by atoms with Gasteiger partial charge < -0.3 is 57.2 Å². The quantitative estimate of drug-likeness (QED) is 0.238. The molecule has 9 fully saturated rings. The summed E-state index contributed by atoms with van der Waals surface area (Å²) in [7, 11) is 0. The van der Waals surface area contributed by atoms with E-state index in [1.807, 2.05) is 13.8 Å². The van der Waals surface area contributed by atoms with E-state index in [2.05, 4.69) is 60.3 Å². The molecule has 356 valence electrons. The van der Waals surface area contributed by atoms with Crippen LogP contribution in [0, 0.1) is 5.92 Å². The van der Waals surface area contributed by atoms with Crippen molar-refractivity contribution in [3.8, 4) is 0 Å². The second-order valence-corrected chi connectivity index (χ2v) is 23.0. The lowest BCUT2D eigenvalue weighted by Crippen LogP contribution is -2.70. The number of hydrogen-bond acceptors (Lipinski definition) is 13. The van der Waals surface area contributed by atoms with E-state index in [-0.39, 0.29) is 110 Å². The third kappa shape index (κ3) is 7.47. The Labute approximate surface area is 379 Å². The Bertz CT molecular complexity index is 1910. The summed E-state index contributed by atoms with van der Waals surface area (Å²) >= 11 is 0. The fourth-order valence-corrected chi connectivity index (χ4v) is 14.1. The zero-order chi connectivity index (χ0) is 44.7. The molecule has 0 aliphatic carbocycles. The smallest absolute Gasteiger partial charge is 0.331 e. The maximum absolute atomic E-state index is 12.3. The van der Waals surface area contributed by atoms with E-state index in [9.17, 15) is 9.90 Å². The third-order valence-electron chi connectivity index (χ3n) is 18.1. The predicted molar refractivity (Wildman–Crippen MR) is 232 cm³/mol. The molecule has 11 heterocycles. The standard InChI is InChI=1S/C51H74O13/c1-10-26(2)16-29-19-38(52)51(9)42(54-29)21-34-35(61-51)20-33-30(55-34)12-11-14-47(5)43(58-33)25-50(8)41(62-47)23-40-48(6,64-50)15-13-31-45(60-40)27(3)17-32-37(56-31)24-49(7)39(57-32)22-36-46(63-49)28(4)18-44(53)59-36/h11-12,18,27,29-43,45-46,52H,2,10,13-17,19-25H2,1,3-9H3/b12-11-/t27-,29-,30-,31?,32+,33?,34+,35?,36+,37?,38+,39-,40+,41-,42-,43?,45-,46?,47+,48-,49+,50+,51+/m1/s1. The molecule has 0 radical (unpaired) electrons. The van der Waals surface area contributed by atoms with Crippen LogP contribution < -0.4 is 0 Å². The lowest BCUT2D eigenvalue weighted by molar-refractivity contribution is -0.356. The summed E-state index contributed by atoms with van der Waals surface area (Å²) in [6.07, 6.45) is 11.4. The minimum absolute atomic E-state index is 0.0754. The predicted octanol–water partition coefficient (Wildman–Crippen LogP) is 6.68. The average molecular weight is 895 g/mol. The molecule has 0 aromatic rings. The van der Waals surface area contributed by atoms with Crippen LogP contribution in [0.2, 0.25) is 0 Å². The van der Waals surface area contributed by atoms with Crippen LogP contribution in [0.5, 0.6) is 0 Å². The molecular formula is C51H74O13. The first-order valence-electron chi connectivity index (χ1n) is 24.9. The molecule has 64 heavy (non-hydrogen) atoms. The number of esters is 1. The topological polar surface area (TPSA) is 139 Å². The minimum Gasteiger partial charge on any atom is -0.456 e. The van der Waals surface area contributed by atoms with Gasteiger partial charge in [-0.15, -0.1) is 0 Å². The summed E-state index contributed by atoms with van der Waals surface area (Å²) in [6, 6.07) is 0. The molecule has 11 aliphatic rings. The molecule has 23 atom stereocenters. The number of aliphatic hydroxyl groups is 1. The van der Waals surface area contributed by atoms with Crippen molar-refractivity contribution in [2.75, 3.05) is 0 Å². The number of rotatable bonds is 3. The fraction of sp³-hybridized carbons (Fsp3) is 0.863. The largest absolute Gasteiger partial charge is 0.456 e. The lowest BCUT2D eigenvalue weighted by Gasteiger charge is -2.60. The summed E-state index contributed by atoms with van der Waals surface area (Å²) in [5, 5.41) is 11.5. The molecular weight excluding hydrogens is 821 g/mol. The van der Waals surface area contributed by atoms with E-state index in [1.165, 1.54) is 0 Å². The molecule has 0 spiro atoms. The number of carbonyl (C=O) groups is 1. The third-order valence-corrected chi connectivity index (χ3v) is 18.1. The monoisotopic (exact) mass is 895 g/mol. The number of fused-ring (bicyclic) bond motifs is 10. The molecule has 0 aromatic heterocycles. The highest BCUT2D eigenvalue weighted by Gasteiger charge is 2.64. The molecule has 0 bridgehead atoms. The molecule has 0 amide bonds. The number of aliphatic hydroxyl groups excluding tert-OH is 1. The van der Waals surface area contributed by atoms with Crippen molar-refractivity contribution in [1.29, 1.82) is 0 Å². The molecule has 0 aromatic carbocycles. The molecule has 13 heteroatoms. The van der Waals surface area contributed by atoms with E-state index in [0.717, 1.165) is 43.3 Å². The summed E-state index contributed by atoms with van der Waals surface area (Å²) in [5.74, 6) is -0.128. The number of carbonyl (C=O) groups excluding carboxylic acids is 1. The van der Waals surface area contributed by atoms with Gasteiger partial charge in [0.05, 0.1) is 108 Å². The van der Waals surface area contributed by atoms with Gasteiger partial charge in [0.15, 0.2) is 0 Å². The van der Waals surface area contributed by atoms with Gasteiger partial charge in [0, 0.05) is 51.0 Å². The molecule has 1 N–H and O–H groups in total. The highest BCUT2D eigenvalue weighted by molar-refractivity contribution is 5.84. The molecule has 11 rings (SSSR count). The number of hydrogen-bond donors (Lipinski definition) is 1. The van der Waals surface area contributed by atoms with Crippen molar-refractivity contribution in [2.45, 2.75) is 271 Å². The Morgan fingerprint density at radius 1 is 0.719 bits per heavy atom. The van der Waals surface area contributed by atoms with Crippen molar-refractivity contribution >= 4 is 5.97 Å². The van der Waals surface area contributed by atoms with Crippen LogP contribution in [0.15, 0.2) is 36.0 Å². The minimum atomic E-state index is -0.823. The van der Waals surface area contributed by atoms with Gasteiger partial charge in [0.2, 0.25) is 0 Å². The lowest BCUT2D eigenvalue weighted by atomic mass is 9.72. The summed E-state index contributed by atoms with van der Waals surface area (Å²) in [6.45, 7) is 21.3. The van der Waals surface area contributed by atoms with Gasteiger partial charge in [-0.2, -0.15) is 0 Å². The van der Waals surface area contributed by atoms with Gasteiger partial charge in [-0.3, -0.25) is 0 Å². The average Bonchev–Trinajstić information content (AvgIpc) is 3.43. The van der Waals surface area contributed by atoms with Crippen LogP contribution in [0.1, 0.15) is 139 Å². The number of ether oxygens (including phenoxy) is 11. The zero-order valence-electron chi connectivity index (χ0n) is 39.4. The van der Waals surface area contributed by atoms with Crippen molar-refractivity contribution in [1.82, 2.24) is 0 Å². The van der Waals surface area contributed by atoms with Crippen LogP contribution in [-0.2, 0) is 56.9 Å². The van der Waals surface area contributed by atoms with Gasteiger partial charge in [-0.1, -0.05) is 38.2 Å². The van der Waals surface area contributed by atoms with Crippen LogP contribution in [0.25, 0.3) is 0 Å². The van der Waals surface area contributed by atoms with Gasteiger partial charge in [0.25, 0.3) is 0 Å². The van der Waals surface area contributed by atoms with Crippen molar-refractivity contribution < 1.29 is 62.0 Å². The highest BCUT2D eigenvalue weighted by atomic mass is 16.7. The van der Waals surface area contributed by atoms with E-state index in [4.69, 9.17) is 52.1 Å². The van der Waals surface area contributed by atoms with E-state index >= 15 is 0 Å². The van der Waals surface area contributed by atoms with Gasteiger partial charge in [-0.25, -0.2) is 4.79 Å². The Morgan fingerprint density at radius 2 is 1.48 bits per heavy atom. The molecule has 13 nitrogen and oxygen atoms in total. The summed E-state index contributed by atoms with van der Waals surface area (Å²) < 4.78 is 76.0. The SMILES string of the molecule is C=C(CC)C[C@@H]1C[C@H](O)[C@]2(C)OC3CC4OC5C[C@]6(C)O[C@]7(C)CCC8OC9C[C@]%10(C)OC%11C(C)=CC(=O)O[C@H]%11C[C@H]%10O[C@H]9C[C@@H](C)[C@H]8O[C@H]7C[C@H]6O[C@@]5(C)C/C=C\[C@H]4O[C@H]3C[C@H]2O1. The van der Waals surface area contributed by atoms with Crippen LogP contribution >= 0.6 is 0 Å². The van der Waals surface area contributed by atoms with Gasteiger partial charge >= 0.3 is 5.97 Å². The molecule has 6 unspecified atom stereocenters. The Hall–Kier alpha value is -1.75. The van der Waals surface area contributed by atoms with E-state index in [0.29, 0.717) is 51.4 Å². The molecule has 9 saturated heterocycles. The first-order chi connectivity index (χ1) is 30.4. The summed E-state index contributed by atoms with van der Waals surface area (Å²) in [4.78, 5) is 12.3. The first-order valence-corrected chi connectivity index (χ1v) is 24.9. The Morgan fingerprint density at radius 3 is 2.30 bits per heavy atom. The highest BCUT2D eigenvalue weighted by Crippen LogP contribution is 2.55. The van der Waals surface area contributed by atoms with Crippen LogP contribution in [0.3, 0.4) is 0 Å². The normalized spacial score (nSPS) is 57.0. The maximum Gasteiger partial charge on any atom is 0.331 e. The Kier molecular flexibility index (Phi) is 11.1. The second-order valence-electron chi connectivity index (χ2n) is 23.0. The van der Waals surface area contributed by atoms with Crippen molar-refractivity contribution in [2.24, 2.45) is 5.92 Å². The zero-order valence-corrected chi connectivity index (χ0v) is 39.4. The second kappa shape index (κ2) is 15.9. The van der Waals surface area contributed by atoms with Crippen LogP contribution in [0.4, 0.5) is 0 Å². The summed E-state index contributed by atoms with van der Waals surface area (Å²) in [5.41, 5.74) is -1.11. The van der Waals surface area contributed by atoms with Crippen molar-refractivity contribution in [3.05, 3.63) is 36.0 Å². The van der Waals surface area contributed by atoms with E-state index < -0.39 is 34.1 Å². The molecule has 0 saturated carbocycles. The fourth-order valence-electron chi connectivity index (χ4n) is 14.1. The van der Waals surface area contributed by atoms with Crippen LogP contribution in [-0.4, -0.2) is 143 Å². The van der Waals surface area contributed by atoms with Crippen molar-refractivity contribution in [3.63, 3.8) is 0 Å². The first kappa shape index (κ1) is 44.7. The Balaban J connectivity index is 0.776. The van der Waals surface area contributed by atoms with Gasteiger partial charge in [0.1, 0.15) is 23.9 Å². The van der Waals surface area contributed by atoms with Gasteiger partial charge in [-0.05, 0) is 91.6 Å². The molecule has 11 aliphatic heterocycles. The maximum atomic E-state index is 12.3.